The molecule has 0 aliphatic heterocycles. The Labute approximate surface area is 178 Å². The molecule has 0 unspecified atom stereocenters. The quantitative estimate of drug-likeness (QED) is 0.425. The first-order chi connectivity index (χ1) is 13.8. The first-order valence-electron chi connectivity index (χ1n) is 10.8. The Balaban J connectivity index is 2.21. The van der Waals surface area contributed by atoms with E-state index >= 15 is 0 Å². The van der Waals surface area contributed by atoms with Gasteiger partial charge in [-0.1, -0.05) is 100 Å². The Morgan fingerprint density at radius 1 is 0.966 bits per heavy atom. The Bertz CT molecular complexity index is 708. The van der Waals surface area contributed by atoms with Crippen molar-refractivity contribution >= 4 is 18.7 Å². The van der Waals surface area contributed by atoms with Crippen LogP contribution in [0.1, 0.15) is 53.9 Å². The van der Waals surface area contributed by atoms with Crippen LogP contribution in [0.25, 0.3) is 0 Å². The van der Waals surface area contributed by atoms with E-state index in [2.05, 4.69) is 94.4 Å². The van der Waals surface area contributed by atoms with Crippen LogP contribution in [-0.2, 0) is 4.43 Å². The molecule has 0 radical (unpaired) electrons. The summed E-state index contributed by atoms with van der Waals surface area (Å²) in [5, 5.41) is 11.8. The third kappa shape index (κ3) is 6.15. The topological polar surface area (TPSA) is 29.5 Å². The molecule has 1 atom stereocenters. The Morgan fingerprint density at radius 3 is 1.93 bits per heavy atom. The molecule has 0 spiro atoms. The van der Waals surface area contributed by atoms with Crippen molar-refractivity contribution in [3.05, 3.63) is 72.3 Å². The molecule has 0 aliphatic rings. The van der Waals surface area contributed by atoms with Crippen molar-refractivity contribution in [1.82, 2.24) is 0 Å². The van der Waals surface area contributed by atoms with Gasteiger partial charge in [0.25, 0.3) is 8.32 Å². The smallest absolute Gasteiger partial charge is 0.261 e. The van der Waals surface area contributed by atoms with Crippen LogP contribution in [0.15, 0.2) is 72.3 Å². The van der Waals surface area contributed by atoms with Crippen LogP contribution in [0.5, 0.6) is 0 Å². The maximum Gasteiger partial charge on any atom is 0.261 e. The summed E-state index contributed by atoms with van der Waals surface area (Å²) in [7, 11) is -2.42. The van der Waals surface area contributed by atoms with Gasteiger partial charge in [-0.25, -0.2) is 0 Å². The number of aliphatic hydroxyl groups is 1. The highest BCUT2D eigenvalue weighted by Crippen LogP contribution is 2.37. The summed E-state index contributed by atoms with van der Waals surface area (Å²) in [6.07, 6.45) is 5.35. The predicted molar refractivity (Wildman–Crippen MR) is 127 cm³/mol. The molecule has 0 fully saturated rings. The summed E-state index contributed by atoms with van der Waals surface area (Å²) >= 11 is 0. The highest BCUT2D eigenvalue weighted by molar-refractivity contribution is 6.99. The first-order valence-corrected chi connectivity index (χ1v) is 12.7. The zero-order valence-corrected chi connectivity index (χ0v) is 19.8. The average molecular weight is 411 g/mol. The van der Waals surface area contributed by atoms with Crippen LogP contribution >= 0.6 is 0 Å². The van der Waals surface area contributed by atoms with Gasteiger partial charge in [-0.15, -0.1) is 0 Å². The van der Waals surface area contributed by atoms with Gasteiger partial charge in [0.05, 0.1) is 6.61 Å². The minimum Gasteiger partial charge on any atom is -0.407 e. The molecule has 2 rings (SSSR count). The number of aliphatic hydroxyl groups excluding tert-OH is 1. The molecule has 29 heavy (non-hydrogen) atoms. The predicted octanol–water partition coefficient (Wildman–Crippen LogP) is 5.31. The summed E-state index contributed by atoms with van der Waals surface area (Å²) < 4.78 is 6.97. The van der Waals surface area contributed by atoms with Crippen LogP contribution < -0.4 is 10.4 Å². The minimum absolute atomic E-state index is 0.0277. The van der Waals surface area contributed by atoms with E-state index in [9.17, 15) is 0 Å². The fraction of sp³-hybridized carbons (Fsp3) is 0.462. The molecule has 0 aliphatic carbocycles. The molecular formula is C26H38O2Si. The van der Waals surface area contributed by atoms with Crippen LogP contribution in [0.3, 0.4) is 0 Å². The second-order valence-corrected chi connectivity index (χ2v) is 13.5. The fourth-order valence-electron chi connectivity index (χ4n) is 4.00. The summed E-state index contributed by atoms with van der Waals surface area (Å²) in [4.78, 5) is 0. The molecule has 2 nitrogen and oxygen atoms in total. The molecule has 0 bridgehead atoms. The van der Waals surface area contributed by atoms with Crippen LogP contribution in [-0.4, -0.2) is 26.6 Å². The van der Waals surface area contributed by atoms with Crippen LogP contribution in [0.2, 0.25) is 5.04 Å². The van der Waals surface area contributed by atoms with Gasteiger partial charge in [-0.3, -0.25) is 0 Å². The number of hydrogen-bond donors (Lipinski definition) is 1. The molecule has 2 aromatic rings. The third-order valence-electron chi connectivity index (χ3n) is 5.75. The Hall–Kier alpha value is -1.68. The maximum absolute atomic E-state index is 9.14. The van der Waals surface area contributed by atoms with E-state index < -0.39 is 8.32 Å². The SMILES string of the molecule is C/C(=C/CC[C@H](C)CCO[Si](c1ccccc1)(c1ccccc1)C(C)(C)C)CO. The van der Waals surface area contributed by atoms with Crippen LogP contribution in [0, 0.1) is 5.92 Å². The number of allylic oxidation sites excluding steroid dienone is 1. The summed E-state index contributed by atoms with van der Waals surface area (Å²) in [6, 6.07) is 21.7. The third-order valence-corrected chi connectivity index (χ3v) is 10.8. The van der Waals surface area contributed by atoms with E-state index in [0.29, 0.717) is 5.92 Å². The Morgan fingerprint density at radius 2 is 1.48 bits per heavy atom. The molecule has 0 aromatic heterocycles. The number of rotatable bonds is 10. The molecule has 0 saturated heterocycles. The number of benzene rings is 2. The standard InChI is InChI=1S/C26H38O2Si/c1-22(13-12-14-23(2)21-27)19-20-28-29(26(3,4)5,24-15-8-6-9-16-24)25-17-10-7-11-18-25/h6-11,14-18,22,27H,12-13,19-21H2,1-5H3/b23-14-/t22-/m0/s1. The lowest BCUT2D eigenvalue weighted by Gasteiger charge is -2.43. The van der Waals surface area contributed by atoms with Gasteiger partial charge in [0.1, 0.15) is 0 Å². The largest absolute Gasteiger partial charge is 0.407 e. The monoisotopic (exact) mass is 410 g/mol. The molecule has 1 N–H and O–H groups in total. The van der Waals surface area contributed by atoms with Gasteiger partial charge >= 0.3 is 0 Å². The van der Waals surface area contributed by atoms with Gasteiger partial charge in [0, 0.05) is 6.61 Å². The van der Waals surface area contributed by atoms with Gasteiger partial charge in [0.15, 0.2) is 0 Å². The summed E-state index contributed by atoms with van der Waals surface area (Å²) in [5.41, 5.74) is 1.06. The molecule has 0 amide bonds. The van der Waals surface area contributed by atoms with E-state index in [4.69, 9.17) is 9.53 Å². The fourth-order valence-corrected chi connectivity index (χ4v) is 8.58. The van der Waals surface area contributed by atoms with Gasteiger partial charge in [0.2, 0.25) is 0 Å². The van der Waals surface area contributed by atoms with Crippen molar-refractivity contribution in [2.24, 2.45) is 5.92 Å². The van der Waals surface area contributed by atoms with E-state index in [1.807, 2.05) is 6.92 Å². The van der Waals surface area contributed by atoms with Crippen molar-refractivity contribution in [3.8, 4) is 0 Å². The van der Waals surface area contributed by atoms with Crippen molar-refractivity contribution < 1.29 is 9.53 Å². The van der Waals surface area contributed by atoms with Crippen molar-refractivity contribution in [2.75, 3.05) is 13.2 Å². The molecule has 0 heterocycles. The van der Waals surface area contributed by atoms with Gasteiger partial charge in [-0.2, -0.15) is 0 Å². The summed E-state index contributed by atoms with van der Waals surface area (Å²) in [5.74, 6) is 0.593. The van der Waals surface area contributed by atoms with E-state index in [1.165, 1.54) is 10.4 Å². The molecule has 158 valence electrons. The molecule has 0 saturated carbocycles. The lowest BCUT2D eigenvalue weighted by atomic mass is 10.0. The van der Waals surface area contributed by atoms with E-state index in [1.54, 1.807) is 0 Å². The van der Waals surface area contributed by atoms with E-state index in [-0.39, 0.29) is 11.6 Å². The lowest BCUT2D eigenvalue weighted by Crippen LogP contribution is -2.66. The Kier molecular flexibility index (Phi) is 8.88. The highest BCUT2D eigenvalue weighted by atomic mass is 28.4. The van der Waals surface area contributed by atoms with Crippen molar-refractivity contribution in [3.63, 3.8) is 0 Å². The second-order valence-electron chi connectivity index (χ2n) is 9.19. The lowest BCUT2D eigenvalue weighted by molar-refractivity contribution is 0.264. The minimum atomic E-state index is -2.42. The van der Waals surface area contributed by atoms with Crippen LogP contribution in [0.4, 0.5) is 0 Å². The van der Waals surface area contributed by atoms with Crippen molar-refractivity contribution in [2.45, 2.75) is 58.9 Å². The maximum atomic E-state index is 9.14. The average Bonchev–Trinajstić information content (AvgIpc) is 2.71. The van der Waals surface area contributed by atoms with Gasteiger partial charge in [-0.05, 0) is 47.5 Å². The normalized spacial score (nSPS) is 14.1. The first kappa shape index (κ1) is 23.6. The number of hydrogen-bond acceptors (Lipinski definition) is 2. The van der Waals surface area contributed by atoms with Crippen molar-refractivity contribution in [1.29, 1.82) is 0 Å². The van der Waals surface area contributed by atoms with Gasteiger partial charge < -0.3 is 9.53 Å². The molecule has 2 aromatic carbocycles. The molecule has 3 heteroatoms. The highest BCUT2D eigenvalue weighted by Gasteiger charge is 2.49. The van der Waals surface area contributed by atoms with E-state index in [0.717, 1.165) is 31.4 Å². The second kappa shape index (κ2) is 10.9. The zero-order valence-electron chi connectivity index (χ0n) is 18.8. The molecular weight excluding hydrogens is 372 g/mol. The summed E-state index contributed by atoms with van der Waals surface area (Å²) in [6.45, 7) is 12.2. The zero-order chi connectivity index (χ0) is 21.3.